The molecule has 7 nitrogen and oxygen atoms in total. The molecule has 206 valence electrons. The van der Waals surface area contributed by atoms with Gasteiger partial charge >= 0.3 is 12.4 Å². The van der Waals surface area contributed by atoms with E-state index >= 15 is 0 Å². The number of hydrogen-bond acceptors (Lipinski definition) is 5. The largest absolute Gasteiger partial charge is 0.573 e. The number of aromatic nitrogens is 1. The summed E-state index contributed by atoms with van der Waals surface area (Å²) in [4.78, 5) is 19.0. The normalized spacial score (nSPS) is 13.3. The number of amides is 2. The van der Waals surface area contributed by atoms with Crippen molar-refractivity contribution in [2.24, 2.45) is 0 Å². The summed E-state index contributed by atoms with van der Waals surface area (Å²) in [5, 5.41) is 5.21. The third-order valence-electron chi connectivity index (χ3n) is 6.23. The van der Waals surface area contributed by atoms with Crippen molar-refractivity contribution in [3.8, 4) is 17.4 Å². The number of benzene rings is 3. The summed E-state index contributed by atoms with van der Waals surface area (Å²) < 4.78 is 61.2. The van der Waals surface area contributed by atoms with Crippen molar-refractivity contribution in [3.63, 3.8) is 0 Å². The van der Waals surface area contributed by atoms with Crippen molar-refractivity contribution in [3.05, 3.63) is 108 Å². The Morgan fingerprint density at radius 3 is 2.52 bits per heavy atom. The molecule has 0 spiro atoms. The number of nitrogens with zero attached hydrogens (tertiary/aromatic N) is 2. The van der Waals surface area contributed by atoms with Crippen LogP contribution >= 0.6 is 0 Å². The molecule has 1 aliphatic rings. The summed E-state index contributed by atoms with van der Waals surface area (Å²) in [7, 11) is 0. The highest BCUT2D eigenvalue weighted by Gasteiger charge is 2.31. The lowest BCUT2D eigenvalue weighted by Crippen LogP contribution is -2.30. The highest BCUT2D eigenvalue weighted by Crippen LogP contribution is 2.34. The molecule has 3 aromatic carbocycles. The van der Waals surface area contributed by atoms with Gasteiger partial charge in [-0.05, 0) is 60.5 Å². The minimum Gasteiger partial charge on any atom is -0.437 e. The zero-order valence-corrected chi connectivity index (χ0v) is 21.0. The Morgan fingerprint density at radius 1 is 0.950 bits per heavy atom. The van der Waals surface area contributed by atoms with Crippen LogP contribution in [0.4, 0.5) is 33.7 Å². The van der Waals surface area contributed by atoms with Crippen LogP contribution in [0.2, 0.25) is 0 Å². The Hall–Kier alpha value is -4.64. The number of fused-ring (bicyclic) bond motifs is 1. The summed E-state index contributed by atoms with van der Waals surface area (Å²) in [6.07, 6.45) is -2.59. The van der Waals surface area contributed by atoms with Gasteiger partial charge in [0.2, 0.25) is 5.88 Å². The van der Waals surface area contributed by atoms with Crippen LogP contribution in [0.3, 0.4) is 0 Å². The highest BCUT2D eigenvalue weighted by atomic mass is 19.4. The SMILES string of the molecule is O=C(Nc1ccc(OC(F)(F)F)cc1)Nc1cccnc1Oc1cccc2c1CCN(Cc1ccccc1F)C2. The van der Waals surface area contributed by atoms with E-state index in [1.165, 1.54) is 24.4 Å². The quantitative estimate of drug-likeness (QED) is 0.239. The fraction of sp³-hybridized carbons (Fsp3) is 0.172. The maximum Gasteiger partial charge on any atom is 0.573 e. The van der Waals surface area contributed by atoms with E-state index in [9.17, 15) is 22.4 Å². The summed E-state index contributed by atoms with van der Waals surface area (Å²) >= 11 is 0. The summed E-state index contributed by atoms with van der Waals surface area (Å²) in [5.74, 6) is 0.152. The number of alkyl halides is 3. The number of nitrogens with one attached hydrogen (secondary N) is 2. The minimum atomic E-state index is -4.80. The zero-order chi connectivity index (χ0) is 28.1. The second kappa shape index (κ2) is 11.6. The van der Waals surface area contributed by atoms with Crippen LogP contribution in [-0.4, -0.2) is 28.8 Å². The smallest absolute Gasteiger partial charge is 0.437 e. The molecule has 0 fully saturated rings. The molecular formula is C29H24F4N4O3. The topological polar surface area (TPSA) is 75.7 Å². The molecule has 0 aliphatic carbocycles. The molecule has 1 aromatic heterocycles. The molecule has 0 unspecified atom stereocenters. The van der Waals surface area contributed by atoms with Crippen LogP contribution in [0, 0.1) is 5.82 Å². The molecule has 2 amide bonds. The standard InChI is InChI=1S/C29H24F4N4O3/c30-24-7-2-1-5-20(24)18-37-16-14-23-19(17-37)6-3-9-26(23)39-27-25(8-4-15-34-27)36-28(38)35-21-10-12-22(13-11-21)40-29(31,32)33/h1-13,15H,14,16-18H2,(H2,35,36,38). The van der Waals surface area contributed by atoms with Crippen LogP contribution in [0.15, 0.2) is 85.1 Å². The molecule has 0 atom stereocenters. The molecule has 4 aromatic rings. The van der Waals surface area contributed by atoms with Gasteiger partial charge in [0.15, 0.2) is 0 Å². The third-order valence-corrected chi connectivity index (χ3v) is 6.23. The van der Waals surface area contributed by atoms with Gasteiger partial charge < -0.3 is 20.1 Å². The number of carbonyl (C=O) groups is 1. The van der Waals surface area contributed by atoms with Gasteiger partial charge in [0.1, 0.15) is 23.0 Å². The van der Waals surface area contributed by atoms with E-state index < -0.39 is 18.1 Å². The number of carbonyl (C=O) groups excluding carboxylic acids is 1. The molecule has 1 aliphatic heterocycles. The molecule has 11 heteroatoms. The minimum absolute atomic E-state index is 0.175. The van der Waals surface area contributed by atoms with Crippen molar-refractivity contribution in [2.45, 2.75) is 25.9 Å². The Bertz CT molecular complexity index is 1500. The number of pyridine rings is 1. The molecule has 40 heavy (non-hydrogen) atoms. The first kappa shape index (κ1) is 26.9. The average molecular weight is 553 g/mol. The van der Waals surface area contributed by atoms with E-state index in [0.29, 0.717) is 43.1 Å². The van der Waals surface area contributed by atoms with E-state index in [-0.39, 0.29) is 17.4 Å². The maximum atomic E-state index is 14.1. The van der Waals surface area contributed by atoms with Gasteiger partial charge in [0, 0.05) is 42.6 Å². The van der Waals surface area contributed by atoms with Crippen molar-refractivity contribution in [1.82, 2.24) is 9.88 Å². The molecule has 0 saturated carbocycles. The first-order valence-electron chi connectivity index (χ1n) is 12.4. The Balaban J connectivity index is 1.24. The lowest BCUT2D eigenvalue weighted by atomic mass is 9.98. The first-order valence-corrected chi connectivity index (χ1v) is 12.4. The van der Waals surface area contributed by atoms with Crippen molar-refractivity contribution in [2.75, 3.05) is 17.2 Å². The van der Waals surface area contributed by atoms with Crippen LogP contribution in [0.5, 0.6) is 17.4 Å². The van der Waals surface area contributed by atoms with Crippen LogP contribution < -0.4 is 20.1 Å². The fourth-order valence-electron chi connectivity index (χ4n) is 4.43. The molecule has 5 rings (SSSR count). The Kier molecular flexibility index (Phi) is 7.83. The molecule has 2 N–H and O–H groups in total. The van der Waals surface area contributed by atoms with Crippen molar-refractivity contribution in [1.29, 1.82) is 0 Å². The molecular weight excluding hydrogens is 528 g/mol. The van der Waals surface area contributed by atoms with E-state index in [4.69, 9.17) is 4.74 Å². The van der Waals surface area contributed by atoms with Crippen molar-refractivity contribution < 1.29 is 31.8 Å². The summed E-state index contributed by atoms with van der Waals surface area (Å²) in [6, 6.07) is 19.8. The predicted octanol–water partition coefficient (Wildman–Crippen LogP) is 7.11. The molecule has 0 saturated heterocycles. The Labute approximate surface area is 227 Å². The summed E-state index contributed by atoms with van der Waals surface area (Å²) in [6.45, 7) is 1.84. The van der Waals surface area contributed by atoms with Gasteiger partial charge in [0.25, 0.3) is 0 Å². The Morgan fingerprint density at radius 2 is 1.75 bits per heavy atom. The highest BCUT2D eigenvalue weighted by molar-refractivity contribution is 6.00. The lowest BCUT2D eigenvalue weighted by molar-refractivity contribution is -0.274. The number of anilines is 2. The number of halogens is 4. The van der Waals surface area contributed by atoms with Crippen LogP contribution in [0.25, 0.3) is 0 Å². The number of ether oxygens (including phenoxy) is 2. The predicted molar refractivity (Wildman–Crippen MR) is 141 cm³/mol. The second-order valence-electron chi connectivity index (χ2n) is 9.06. The molecule has 0 radical (unpaired) electrons. The maximum absolute atomic E-state index is 14.1. The van der Waals surface area contributed by atoms with Gasteiger partial charge in [-0.2, -0.15) is 0 Å². The van der Waals surface area contributed by atoms with Gasteiger partial charge in [-0.1, -0.05) is 30.3 Å². The van der Waals surface area contributed by atoms with E-state index in [0.717, 1.165) is 23.3 Å². The van der Waals surface area contributed by atoms with Crippen molar-refractivity contribution >= 4 is 17.4 Å². The number of hydrogen-bond donors (Lipinski definition) is 2. The van der Waals surface area contributed by atoms with Crippen LogP contribution in [-0.2, 0) is 19.5 Å². The molecule has 0 bridgehead atoms. The van der Waals surface area contributed by atoms with Crippen LogP contribution in [0.1, 0.15) is 16.7 Å². The number of rotatable bonds is 7. The van der Waals surface area contributed by atoms with Gasteiger partial charge in [-0.15, -0.1) is 13.2 Å². The van der Waals surface area contributed by atoms with E-state index in [2.05, 4.69) is 25.3 Å². The lowest BCUT2D eigenvalue weighted by Gasteiger charge is -2.30. The number of urea groups is 1. The zero-order valence-electron chi connectivity index (χ0n) is 21.0. The van der Waals surface area contributed by atoms with E-state index in [1.807, 2.05) is 24.3 Å². The van der Waals surface area contributed by atoms with Gasteiger partial charge in [-0.3, -0.25) is 4.90 Å². The average Bonchev–Trinajstić information content (AvgIpc) is 2.91. The second-order valence-corrected chi connectivity index (χ2v) is 9.06. The summed E-state index contributed by atoms with van der Waals surface area (Å²) in [5.41, 5.74) is 3.27. The third kappa shape index (κ3) is 6.86. The van der Waals surface area contributed by atoms with Gasteiger partial charge in [-0.25, -0.2) is 14.2 Å². The monoisotopic (exact) mass is 552 g/mol. The van der Waals surface area contributed by atoms with E-state index in [1.54, 1.807) is 24.3 Å². The molecule has 2 heterocycles. The fourth-order valence-corrected chi connectivity index (χ4v) is 4.43. The first-order chi connectivity index (χ1) is 19.2. The van der Waals surface area contributed by atoms with Gasteiger partial charge in [0.05, 0.1) is 0 Å².